The lowest BCUT2D eigenvalue weighted by Gasteiger charge is -2.31. The van der Waals surface area contributed by atoms with Crippen LogP contribution >= 0.6 is 23.4 Å². The molecule has 1 unspecified atom stereocenters. The zero-order valence-corrected chi connectivity index (χ0v) is 13.0. The lowest BCUT2D eigenvalue weighted by Crippen LogP contribution is -2.36. The minimum absolute atomic E-state index is 0.303. The number of thioether (sulfide) groups is 1. The van der Waals surface area contributed by atoms with Gasteiger partial charge in [0.15, 0.2) is 17.1 Å². The lowest BCUT2D eigenvalue weighted by molar-refractivity contribution is 0.118. The van der Waals surface area contributed by atoms with Crippen LogP contribution < -0.4 is 4.90 Å². The highest BCUT2D eigenvalue weighted by atomic mass is 35.5. The molecular weight excluding hydrogens is 310 g/mol. The molecule has 7 heteroatoms. The Labute approximate surface area is 131 Å². The summed E-state index contributed by atoms with van der Waals surface area (Å²) in [4.78, 5) is 22.0. The van der Waals surface area contributed by atoms with Crippen LogP contribution in [0, 0.1) is 0 Å². The number of halogens is 1. The van der Waals surface area contributed by atoms with Crippen LogP contribution in [0.25, 0.3) is 0 Å². The van der Waals surface area contributed by atoms with Crippen molar-refractivity contribution in [2.45, 2.75) is 11.3 Å². The van der Waals surface area contributed by atoms with Gasteiger partial charge in [0, 0.05) is 7.05 Å². The number of aromatic nitrogens is 2. The number of anilines is 1. The van der Waals surface area contributed by atoms with Gasteiger partial charge in [0.1, 0.15) is 5.15 Å². The van der Waals surface area contributed by atoms with Crippen molar-refractivity contribution in [1.29, 1.82) is 0 Å². The molecule has 2 heterocycles. The van der Waals surface area contributed by atoms with Crippen LogP contribution in [-0.2, 0) is 4.74 Å². The number of cyclic esters (lactones) is 1. The molecule has 0 spiro atoms. The molecule has 0 N–H and O–H groups in total. The topological polar surface area (TPSA) is 55.3 Å². The van der Waals surface area contributed by atoms with E-state index in [1.165, 1.54) is 16.7 Å². The van der Waals surface area contributed by atoms with Crippen molar-refractivity contribution < 1.29 is 9.53 Å². The molecule has 1 aliphatic rings. The molecule has 1 atom stereocenters. The molecule has 0 saturated carbocycles. The second kappa shape index (κ2) is 5.54. The van der Waals surface area contributed by atoms with E-state index in [0.29, 0.717) is 21.7 Å². The van der Waals surface area contributed by atoms with E-state index in [1.54, 1.807) is 7.05 Å². The summed E-state index contributed by atoms with van der Waals surface area (Å²) in [6, 6.07) is 9.42. The maximum absolute atomic E-state index is 12.0. The van der Waals surface area contributed by atoms with E-state index in [9.17, 15) is 4.79 Å². The van der Waals surface area contributed by atoms with Crippen LogP contribution in [-0.4, -0.2) is 29.4 Å². The average molecular weight is 322 g/mol. The third kappa shape index (κ3) is 2.45. The van der Waals surface area contributed by atoms with Crippen molar-refractivity contribution in [2.75, 3.05) is 18.2 Å². The first kappa shape index (κ1) is 14.2. The predicted octanol–water partition coefficient (Wildman–Crippen LogP) is 3.53. The largest absolute Gasteiger partial charge is 0.436 e. The number of carbonyl (C=O) groups excluding carboxylic acids is 1. The number of benzene rings is 1. The summed E-state index contributed by atoms with van der Waals surface area (Å²) in [6.07, 6.45) is 0.805. The Bertz CT molecular complexity index is 696. The minimum atomic E-state index is -0.590. The van der Waals surface area contributed by atoms with Crippen LogP contribution in [0.3, 0.4) is 0 Å². The third-order valence-corrected chi connectivity index (χ3v) is 4.05. The summed E-state index contributed by atoms with van der Waals surface area (Å²) in [5.41, 5.74) is 1.45. The maximum atomic E-state index is 12.0. The Kier molecular flexibility index (Phi) is 3.73. The van der Waals surface area contributed by atoms with Gasteiger partial charge in [0.25, 0.3) is 0 Å². The van der Waals surface area contributed by atoms with Gasteiger partial charge in [-0.25, -0.2) is 14.8 Å². The number of hydrogen-bond donors (Lipinski definition) is 0. The number of carbonyl (C=O) groups is 1. The summed E-state index contributed by atoms with van der Waals surface area (Å²) >= 11 is 7.67. The summed E-state index contributed by atoms with van der Waals surface area (Å²) in [5.74, 6) is 0.490. The van der Waals surface area contributed by atoms with Crippen LogP contribution in [0.1, 0.15) is 17.2 Å². The Morgan fingerprint density at radius 2 is 2.00 bits per heavy atom. The zero-order chi connectivity index (χ0) is 15.0. The predicted molar refractivity (Wildman–Crippen MR) is 82.0 cm³/mol. The van der Waals surface area contributed by atoms with Crippen LogP contribution in [0.15, 0.2) is 35.5 Å². The number of rotatable bonds is 2. The highest BCUT2D eigenvalue weighted by molar-refractivity contribution is 7.98. The zero-order valence-electron chi connectivity index (χ0n) is 11.4. The Balaban J connectivity index is 2.20. The highest BCUT2D eigenvalue weighted by Crippen LogP contribution is 2.40. The molecule has 0 radical (unpaired) electrons. The van der Waals surface area contributed by atoms with Crippen molar-refractivity contribution in [3.8, 4) is 0 Å². The quantitative estimate of drug-likeness (QED) is 0.481. The molecule has 0 bridgehead atoms. The molecule has 0 fully saturated rings. The summed E-state index contributed by atoms with van der Waals surface area (Å²) in [5, 5.41) is 0.824. The number of nitrogens with zero attached hydrogens (tertiary/aromatic N) is 3. The molecule has 3 rings (SSSR count). The first-order valence-electron chi connectivity index (χ1n) is 6.22. The van der Waals surface area contributed by atoms with Crippen LogP contribution in [0.5, 0.6) is 0 Å². The molecule has 0 aliphatic carbocycles. The normalized spacial score (nSPS) is 17.4. The summed E-state index contributed by atoms with van der Waals surface area (Å²) in [7, 11) is 1.61. The minimum Gasteiger partial charge on any atom is -0.436 e. The van der Waals surface area contributed by atoms with E-state index < -0.39 is 12.2 Å². The van der Waals surface area contributed by atoms with Crippen molar-refractivity contribution in [3.63, 3.8) is 0 Å². The second-order valence-electron chi connectivity index (χ2n) is 4.47. The fourth-order valence-electron chi connectivity index (χ4n) is 2.17. The third-order valence-electron chi connectivity index (χ3n) is 3.22. The Morgan fingerprint density at radius 1 is 1.29 bits per heavy atom. The van der Waals surface area contributed by atoms with E-state index in [4.69, 9.17) is 16.3 Å². The van der Waals surface area contributed by atoms with Gasteiger partial charge >= 0.3 is 6.09 Å². The number of hydrogen-bond acceptors (Lipinski definition) is 5. The van der Waals surface area contributed by atoms with Gasteiger partial charge in [-0.15, -0.1) is 0 Å². The number of ether oxygens (including phenoxy) is 1. The molecule has 21 heavy (non-hydrogen) atoms. The smallest absolute Gasteiger partial charge is 0.416 e. The van der Waals surface area contributed by atoms with Crippen LogP contribution in [0.2, 0.25) is 5.15 Å². The van der Waals surface area contributed by atoms with Gasteiger partial charge in [0.05, 0.1) is 5.56 Å². The van der Waals surface area contributed by atoms with E-state index in [2.05, 4.69) is 9.97 Å². The van der Waals surface area contributed by atoms with Gasteiger partial charge in [-0.05, 0) is 11.8 Å². The molecule has 1 aliphatic heterocycles. The summed E-state index contributed by atoms with van der Waals surface area (Å²) in [6.45, 7) is 0. The fourth-order valence-corrected chi connectivity index (χ4v) is 2.85. The molecule has 0 saturated heterocycles. The van der Waals surface area contributed by atoms with Gasteiger partial charge in [-0.2, -0.15) is 0 Å². The van der Waals surface area contributed by atoms with Crippen molar-refractivity contribution in [3.05, 3.63) is 46.6 Å². The van der Waals surface area contributed by atoms with E-state index >= 15 is 0 Å². The van der Waals surface area contributed by atoms with Gasteiger partial charge in [0.2, 0.25) is 0 Å². The monoisotopic (exact) mass is 321 g/mol. The SMILES string of the molecule is CSc1nc(Cl)c2c(n1)N(C)C(=O)OC2c1ccccc1. The molecule has 5 nitrogen and oxygen atoms in total. The van der Waals surface area contributed by atoms with Gasteiger partial charge in [-0.3, -0.25) is 4.90 Å². The van der Waals surface area contributed by atoms with Crippen molar-refractivity contribution in [1.82, 2.24) is 9.97 Å². The average Bonchev–Trinajstić information content (AvgIpc) is 2.51. The Morgan fingerprint density at radius 3 is 2.67 bits per heavy atom. The highest BCUT2D eigenvalue weighted by Gasteiger charge is 2.36. The Hall–Kier alpha value is -1.79. The van der Waals surface area contributed by atoms with Crippen LogP contribution in [0.4, 0.5) is 10.6 Å². The number of fused-ring (bicyclic) bond motifs is 1. The van der Waals surface area contributed by atoms with E-state index in [1.807, 2.05) is 36.6 Å². The van der Waals surface area contributed by atoms with E-state index in [-0.39, 0.29) is 0 Å². The fraction of sp³-hybridized carbons (Fsp3) is 0.214. The maximum Gasteiger partial charge on any atom is 0.416 e. The first-order chi connectivity index (χ1) is 10.1. The molecule has 1 aromatic carbocycles. The number of amides is 1. The van der Waals surface area contributed by atoms with Gasteiger partial charge in [-0.1, -0.05) is 53.7 Å². The van der Waals surface area contributed by atoms with E-state index in [0.717, 1.165) is 5.56 Å². The standard InChI is InChI=1S/C14H12ClN3O2S/c1-18-12-9(11(15)16-13(17-12)21-2)10(20-14(18)19)8-6-4-3-5-7-8/h3-7,10H,1-2H3. The lowest BCUT2D eigenvalue weighted by atomic mass is 10.0. The van der Waals surface area contributed by atoms with Gasteiger partial charge < -0.3 is 4.74 Å². The molecule has 1 amide bonds. The molecule has 2 aromatic rings. The first-order valence-corrected chi connectivity index (χ1v) is 7.82. The molecular formula is C14H12ClN3O2S. The van der Waals surface area contributed by atoms with Crippen molar-refractivity contribution in [2.24, 2.45) is 0 Å². The summed E-state index contributed by atoms with van der Waals surface area (Å²) < 4.78 is 5.48. The second-order valence-corrected chi connectivity index (χ2v) is 5.60. The van der Waals surface area contributed by atoms with Crippen molar-refractivity contribution >= 4 is 35.3 Å². The molecule has 1 aromatic heterocycles. The molecule has 108 valence electrons.